The Kier molecular flexibility index (Phi) is 5.47. The van der Waals surface area contributed by atoms with Crippen LogP contribution in [0.4, 0.5) is 18.0 Å². The van der Waals surface area contributed by atoms with Gasteiger partial charge in [-0.2, -0.15) is 13.2 Å². The number of halogens is 4. The molecule has 0 aliphatic carbocycles. The van der Waals surface area contributed by atoms with E-state index in [2.05, 4.69) is 10.6 Å². The largest absolute Gasteiger partial charge is 0.459 e. The predicted octanol–water partition coefficient (Wildman–Crippen LogP) is 4.55. The molecule has 2 aromatic carbocycles. The van der Waals surface area contributed by atoms with Gasteiger partial charge in [-0.05, 0) is 36.4 Å². The van der Waals surface area contributed by atoms with E-state index in [1.54, 1.807) is 30.3 Å². The molecule has 0 saturated carbocycles. The fourth-order valence-corrected chi connectivity index (χ4v) is 3.86. The Morgan fingerprint density at radius 1 is 1.03 bits per heavy atom. The van der Waals surface area contributed by atoms with Crippen LogP contribution in [0.15, 0.2) is 71.1 Å². The Morgan fingerprint density at radius 2 is 1.69 bits per heavy atom. The molecule has 0 radical (unpaired) electrons. The molecular weight excluding hydrogens is 449 g/mol. The summed E-state index contributed by atoms with van der Waals surface area (Å²) in [5, 5.41) is 16.1. The molecule has 1 saturated heterocycles. The number of rotatable bonds is 4. The van der Waals surface area contributed by atoms with Crippen LogP contribution >= 0.6 is 11.6 Å². The maximum atomic E-state index is 13.5. The number of carbonyl (C=O) groups is 2. The number of furan rings is 1. The molecule has 0 bridgehead atoms. The van der Waals surface area contributed by atoms with Gasteiger partial charge in [-0.25, -0.2) is 4.79 Å². The standard InChI is InChI=1S/C22H16ClF3N2O4/c23-14-8-6-12(7-9-14)15-10-11-16(32-15)18-17(19(29)22(24,25)26)21(31,28-20(30)27-18)13-4-2-1-3-5-13/h1-11,17-18,31H,(H2,27,28,30)/t17-,18-,21+/m1/s1. The van der Waals surface area contributed by atoms with E-state index in [1.807, 2.05) is 0 Å². The van der Waals surface area contributed by atoms with Gasteiger partial charge in [-0.15, -0.1) is 0 Å². The topological polar surface area (TPSA) is 91.6 Å². The lowest BCUT2D eigenvalue weighted by Gasteiger charge is -2.44. The summed E-state index contributed by atoms with van der Waals surface area (Å²) in [6.45, 7) is 0. The van der Waals surface area contributed by atoms with Crippen LogP contribution in [0.25, 0.3) is 11.3 Å². The van der Waals surface area contributed by atoms with Crippen molar-refractivity contribution in [2.75, 3.05) is 0 Å². The number of alkyl halides is 3. The summed E-state index contributed by atoms with van der Waals surface area (Å²) >= 11 is 5.87. The summed E-state index contributed by atoms with van der Waals surface area (Å²) in [6.07, 6.45) is -5.28. The van der Waals surface area contributed by atoms with Crippen LogP contribution in [0, 0.1) is 5.92 Å². The predicted molar refractivity (Wildman–Crippen MR) is 108 cm³/mol. The molecular formula is C22H16ClF3N2O4. The molecule has 0 spiro atoms. The van der Waals surface area contributed by atoms with Crippen molar-refractivity contribution in [1.29, 1.82) is 0 Å². The van der Waals surface area contributed by atoms with E-state index in [1.165, 1.54) is 36.4 Å². The molecule has 10 heteroatoms. The third kappa shape index (κ3) is 3.96. The smallest absolute Gasteiger partial charge is 0.450 e. The quantitative estimate of drug-likeness (QED) is 0.528. The SMILES string of the molecule is O=C1N[C@H](c2ccc(-c3ccc(Cl)cc3)o2)[C@H](C(=O)C(F)(F)F)[C@@](O)(c2ccccc2)N1. The van der Waals surface area contributed by atoms with Crippen molar-refractivity contribution < 1.29 is 32.3 Å². The van der Waals surface area contributed by atoms with E-state index < -0.39 is 35.7 Å². The number of benzene rings is 2. The lowest BCUT2D eigenvalue weighted by atomic mass is 9.77. The Morgan fingerprint density at radius 3 is 2.31 bits per heavy atom. The van der Waals surface area contributed by atoms with Crippen LogP contribution in [-0.4, -0.2) is 23.1 Å². The first-order valence-corrected chi connectivity index (χ1v) is 9.80. The highest BCUT2D eigenvalue weighted by molar-refractivity contribution is 6.30. The van der Waals surface area contributed by atoms with Gasteiger partial charge in [-0.1, -0.05) is 41.9 Å². The highest BCUT2D eigenvalue weighted by Gasteiger charge is 2.60. The fourth-order valence-electron chi connectivity index (χ4n) is 3.74. The van der Waals surface area contributed by atoms with Crippen LogP contribution in [0.3, 0.4) is 0 Å². The highest BCUT2D eigenvalue weighted by Crippen LogP contribution is 2.43. The molecule has 3 atom stereocenters. The van der Waals surface area contributed by atoms with Crippen LogP contribution in [-0.2, 0) is 10.5 Å². The number of urea groups is 1. The Bertz CT molecular complexity index is 1150. The summed E-state index contributed by atoms with van der Waals surface area (Å²) in [5.74, 6) is -4.22. The van der Waals surface area contributed by atoms with Crippen molar-refractivity contribution in [1.82, 2.24) is 10.6 Å². The van der Waals surface area contributed by atoms with Crippen LogP contribution in [0.2, 0.25) is 5.02 Å². The third-order valence-electron chi connectivity index (χ3n) is 5.21. The molecule has 2 heterocycles. The number of aliphatic hydroxyl groups is 1. The fraction of sp³-hybridized carbons (Fsp3) is 0.182. The van der Waals surface area contributed by atoms with Gasteiger partial charge >= 0.3 is 12.2 Å². The van der Waals surface area contributed by atoms with E-state index >= 15 is 0 Å². The van der Waals surface area contributed by atoms with Gasteiger partial charge in [-0.3, -0.25) is 4.79 Å². The summed E-state index contributed by atoms with van der Waals surface area (Å²) < 4.78 is 46.3. The molecule has 1 aliphatic rings. The second-order valence-corrected chi connectivity index (χ2v) is 7.69. The minimum Gasteiger partial charge on any atom is -0.459 e. The van der Waals surface area contributed by atoms with Crippen LogP contribution < -0.4 is 10.6 Å². The molecule has 6 nitrogen and oxygen atoms in total. The number of nitrogens with one attached hydrogen (secondary N) is 2. The monoisotopic (exact) mass is 464 g/mol. The van der Waals surface area contributed by atoms with Gasteiger partial charge in [0, 0.05) is 16.1 Å². The molecule has 3 aromatic rings. The van der Waals surface area contributed by atoms with Crippen molar-refractivity contribution >= 4 is 23.4 Å². The summed E-state index contributed by atoms with van der Waals surface area (Å²) in [5.41, 5.74) is -2.13. The minimum atomic E-state index is -5.28. The lowest BCUT2D eigenvalue weighted by molar-refractivity contribution is -0.190. The van der Waals surface area contributed by atoms with E-state index in [0.29, 0.717) is 10.6 Å². The van der Waals surface area contributed by atoms with Gasteiger partial charge in [0.2, 0.25) is 5.78 Å². The second-order valence-electron chi connectivity index (χ2n) is 7.26. The second kappa shape index (κ2) is 7.99. The first kappa shape index (κ1) is 21.9. The Hall–Kier alpha value is -3.30. The maximum absolute atomic E-state index is 13.5. The van der Waals surface area contributed by atoms with Crippen molar-refractivity contribution in [3.63, 3.8) is 0 Å². The van der Waals surface area contributed by atoms with Crippen LogP contribution in [0.5, 0.6) is 0 Å². The maximum Gasteiger partial charge on any atom is 0.450 e. The molecule has 2 amide bonds. The molecule has 166 valence electrons. The summed E-state index contributed by atoms with van der Waals surface area (Å²) in [4.78, 5) is 24.8. The van der Waals surface area contributed by atoms with E-state index in [9.17, 15) is 27.9 Å². The average Bonchev–Trinajstić information content (AvgIpc) is 3.23. The average molecular weight is 465 g/mol. The molecule has 1 aromatic heterocycles. The number of hydrogen-bond acceptors (Lipinski definition) is 4. The zero-order valence-electron chi connectivity index (χ0n) is 16.2. The number of hydrogen-bond donors (Lipinski definition) is 3. The molecule has 0 unspecified atom stereocenters. The van der Waals surface area contributed by atoms with E-state index in [-0.39, 0.29) is 17.1 Å². The van der Waals surface area contributed by atoms with Gasteiger partial charge < -0.3 is 20.2 Å². The van der Waals surface area contributed by atoms with Crippen molar-refractivity contribution in [3.8, 4) is 11.3 Å². The number of Topliss-reactive ketones (excluding diaryl/α,β-unsaturated/α-hetero) is 1. The zero-order chi connectivity index (χ0) is 23.1. The first-order valence-electron chi connectivity index (χ1n) is 9.43. The van der Waals surface area contributed by atoms with Gasteiger partial charge in [0.05, 0.1) is 0 Å². The molecule has 3 N–H and O–H groups in total. The zero-order valence-corrected chi connectivity index (χ0v) is 16.9. The molecule has 1 aliphatic heterocycles. The van der Waals surface area contributed by atoms with E-state index in [4.69, 9.17) is 16.0 Å². The minimum absolute atomic E-state index is 0.0769. The third-order valence-corrected chi connectivity index (χ3v) is 5.46. The normalized spacial score (nSPS) is 23.3. The highest BCUT2D eigenvalue weighted by atomic mass is 35.5. The van der Waals surface area contributed by atoms with E-state index in [0.717, 1.165) is 0 Å². The van der Waals surface area contributed by atoms with Crippen molar-refractivity contribution in [2.24, 2.45) is 5.92 Å². The van der Waals surface area contributed by atoms with Crippen molar-refractivity contribution in [2.45, 2.75) is 17.9 Å². The lowest BCUT2D eigenvalue weighted by Crippen LogP contribution is -2.66. The van der Waals surface area contributed by atoms with Gasteiger partial charge in [0.25, 0.3) is 0 Å². The number of ketones is 1. The van der Waals surface area contributed by atoms with Crippen LogP contribution in [0.1, 0.15) is 17.4 Å². The first-order chi connectivity index (χ1) is 15.1. The number of carbonyl (C=O) groups excluding carboxylic acids is 2. The number of amides is 2. The molecule has 4 rings (SSSR count). The summed E-state index contributed by atoms with van der Waals surface area (Å²) in [6, 6.07) is 13.9. The Balaban J connectivity index is 1.81. The summed E-state index contributed by atoms with van der Waals surface area (Å²) in [7, 11) is 0. The molecule has 32 heavy (non-hydrogen) atoms. The van der Waals surface area contributed by atoms with Gasteiger partial charge in [0.1, 0.15) is 23.5 Å². The van der Waals surface area contributed by atoms with Crippen molar-refractivity contribution in [3.05, 3.63) is 83.1 Å². The molecule has 1 fully saturated rings. The Labute approximate surface area is 185 Å². The van der Waals surface area contributed by atoms with Gasteiger partial charge in [0.15, 0.2) is 5.72 Å².